The Bertz CT molecular complexity index is 1730. The number of amides is 1. The van der Waals surface area contributed by atoms with Crippen molar-refractivity contribution in [2.45, 2.75) is 13.8 Å². The van der Waals surface area contributed by atoms with Gasteiger partial charge in [-0.3, -0.25) is 10.1 Å². The fourth-order valence-corrected chi connectivity index (χ4v) is 5.29. The lowest BCUT2D eigenvalue weighted by Gasteiger charge is -1.98. The van der Waals surface area contributed by atoms with Crippen molar-refractivity contribution in [3.8, 4) is 17.1 Å². The van der Waals surface area contributed by atoms with Crippen molar-refractivity contribution >= 4 is 49.6 Å². The third kappa shape index (κ3) is 4.21. The number of nitrogens with zero attached hydrogens (tertiary/aromatic N) is 3. The molecule has 6 nitrogen and oxygen atoms in total. The number of carbonyl (C=O) groups is 1. The van der Waals surface area contributed by atoms with E-state index < -0.39 is 0 Å². The fourth-order valence-electron chi connectivity index (χ4n) is 4.25. The van der Waals surface area contributed by atoms with E-state index >= 15 is 0 Å². The summed E-state index contributed by atoms with van der Waals surface area (Å²) in [5.41, 5.74) is 6.32. The Balaban J connectivity index is 1.33. The molecule has 0 fully saturated rings. The average Bonchev–Trinajstić information content (AvgIpc) is 3.59. The summed E-state index contributed by atoms with van der Waals surface area (Å²) in [6.45, 7) is 4.09. The van der Waals surface area contributed by atoms with Crippen molar-refractivity contribution in [3.05, 3.63) is 102 Å². The van der Waals surface area contributed by atoms with Crippen molar-refractivity contribution in [2.24, 2.45) is 0 Å². The van der Waals surface area contributed by atoms with Crippen molar-refractivity contribution in [1.82, 2.24) is 14.8 Å². The molecule has 0 unspecified atom stereocenters. The first-order valence-electron chi connectivity index (χ1n) is 11.5. The minimum absolute atomic E-state index is 0.258. The van der Waals surface area contributed by atoms with Crippen molar-refractivity contribution in [2.75, 3.05) is 5.32 Å². The van der Waals surface area contributed by atoms with Gasteiger partial charge in [-0.15, -0.1) is 0 Å². The van der Waals surface area contributed by atoms with Gasteiger partial charge in [0.05, 0.1) is 15.9 Å². The van der Waals surface area contributed by atoms with E-state index in [2.05, 4.69) is 29.4 Å². The highest BCUT2D eigenvalue weighted by atomic mass is 32.1. The van der Waals surface area contributed by atoms with E-state index in [1.165, 1.54) is 23.0 Å². The lowest BCUT2D eigenvalue weighted by Crippen LogP contribution is -2.07. The molecule has 0 atom stereocenters. The molecule has 3 aromatic heterocycles. The normalized spacial score (nSPS) is 11.6. The quantitative estimate of drug-likeness (QED) is 0.260. The Labute approximate surface area is 211 Å². The molecule has 0 bridgehead atoms. The Morgan fingerprint density at radius 1 is 1.03 bits per heavy atom. The number of hydrogen-bond acceptors (Lipinski definition) is 5. The van der Waals surface area contributed by atoms with Crippen LogP contribution in [-0.2, 0) is 4.79 Å². The molecular formula is C29H22N4O2S. The van der Waals surface area contributed by atoms with Crippen LogP contribution in [0.5, 0.6) is 0 Å². The van der Waals surface area contributed by atoms with E-state index in [0.29, 0.717) is 16.6 Å². The monoisotopic (exact) mass is 490 g/mol. The molecule has 0 radical (unpaired) electrons. The van der Waals surface area contributed by atoms with E-state index in [1.807, 2.05) is 73.8 Å². The number of nitrogens with one attached hydrogen (secondary N) is 1. The van der Waals surface area contributed by atoms with E-state index in [9.17, 15) is 4.79 Å². The van der Waals surface area contributed by atoms with Crippen LogP contribution < -0.4 is 5.32 Å². The van der Waals surface area contributed by atoms with Gasteiger partial charge in [-0.1, -0.05) is 53.8 Å². The zero-order valence-electron chi connectivity index (χ0n) is 19.7. The SMILES string of the molecule is Cc1cc(C)c2nc(NC(=O)/C=C/c3cn(-c4ccccc4)nc3-c3cc4ccccc4o3)sc2c1. The molecule has 0 saturated carbocycles. The molecule has 3 aromatic carbocycles. The van der Waals surface area contributed by atoms with Crippen LogP contribution in [0.25, 0.3) is 44.4 Å². The highest BCUT2D eigenvalue weighted by molar-refractivity contribution is 7.22. The van der Waals surface area contributed by atoms with Gasteiger partial charge < -0.3 is 4.42 Å². The standard InChI is InChI=1S/C29H22N4O2S/c1-18-14-19(2)27-25(15-18)36-29(31-27)30-26(34)13-12-21-17-33(22-9-4-3-5-10-22)32-28(21)24-16-20-8-6-7-11-23(20)35-24/h3-17H,1-2H3,(H,30,31,34)/b13-12+. The second-order valence-corrected chi connectivity index (χ2v) is 9.66. The van der Waals surface area contributed by atoms with E-state index in [-0.39, 0.29) is 5.91 Å². The number of anilines is 1. The first-order chi connectivity index (χ1) is 17.5. The minimum Gasteiger partial charge on any atom is -0.454 e. The third-order valence-electron chi connectivity index (χ3n) is 5.90. The number of rotatable bonds is 5. The number of carbonyl (C=O) groups excluding carboxylic acids is 1. The maximum Gasteiger partial charge on any atom is 0.250 e. The van der Waals surface area contributed by atoms with Gasteiger partial charge in [0.2, 0.25) is 5.91 Å². The van der Waals surface area contributed by atoms with Gasteiger partial charge in [-0.05, 0) is 61.4 Å². The van der Waals surface area contributed by atoms with Crippen LogP contribution in [0.1, 0.15) is 16.7 Å². The van der Waals surface area contributed by atoms with E-state index in [4.69, 9.17) is 9.52 Å². The highest BCUT2D eigenvalue weighted by Gasteiger charge is 2.16. The van der Waals surface area contributed by atoms with Gasteiger partial charge in [0.1, 0.15) is 11.3 Å². The molecule has 7 heteroatoms. The van der Waals surface area contributed by atoms with Crippen LogP contribution in [0.4, 0.5) is 5.13 Å². The Morgan fingerprint density at radius 2 is 1.83 bits per heavy atom. The maximum absolute atomic E-state index is 12.8. The predicted octanol–water partition coefficient (Wildman–Crippen LogP) is 7.16. The smallest absolute Gasteiger partial charge is 0.250 e. The van der Waals surface area contributed by atoms with E-state index in [1.54, 1.807) is 10.8 Å². The number of para-hydroxylation sites is 2. The molecule has 0 aliphatic heterocycles. The number of benzene rings is 3. The Kier molecular flexibility index (Phi) is 5.47. The van der Waals surface area contributed by atoms with Gasteiger partial charge in [0, 0.05) is 23.2 Å². The molecule has 0 aliphatic rings. The first kappa shape index (κ1) is 22.0. The molecule has 0 spiro atoms. The summed E-state index contributed by atoms with van der Waals surface area (Å²) in [5.74, 6) is 0.384. The van der Waals surface area contributed by atoms with Gasteiger partial charge in [0.15, 0.2) is 10.9 Å². The molecule has 6 rings (SSSR count). The second kappa shape index (κ2) is 8.94. The molecule has 1 N–H and O–H groups in total. The Morgan fingerprint density at radius 3 is 2.67 bits per heavy atom. The van der Waals surface area contributed by atoms with Gasteiger partial charge in [-0.2, -0.15) is 5.10 Å². The van der Waals surface area contributed by atoms with Crippen LogP contribution >= 0.6 is 11.3 Å². The summed E-state index contributed by atoms with van der Waals surface area (Å²) < 4.78 is 8.93. The maximum atomic E-state index is 12.8. The summed E-state index contributed by atoms with van der Waals surface area (Å²) >= 11 is 1.47. The fraction of sp³-hybridized carbons (Fsp3) is 0.0690. The molecule has 0 aliphatic carbocycles. The lowest BCUT2D eigenvalue weighted by molar-refractivity contribution is -0.111. The van der Waals surface area contributed by atoms with Crippen LogP contribution in [-0.4, -0.2) is 20.7 Å². The van der Waals surface area contributed by atoms with Crippen molar-refractivity contribution in [1.29, 1.82) is 0 Å². The number of fused-ring (bicyclic) bond motifs is 2. The Hall–Kier alpha value is -4.49. The molecule has 0 saturated heterocycles. The van der Waals surface area contributed by atoms with Crippen LogP contribution in [0, 0.1) is 13.8 Å². The molecule has 1 amide bonds. The molecular weight excluding hydrogens is 468 g/mol. The molecule has 176 valence electrons. The summed E-state index contributed by atoms with van der Waals surface area (Å²) in [6.07, 6.45) is 5.15. The average molecular weight is 491 g/mol. The first-order valence-corrected chi connectivity index (χ1v) is 12.4. The summed E-state index contributed by atoms with van der Waals surface area (Å²) in [6, 6.07) is 23.8. The number of hydrogen-bond donors (Lipinski definition) is 1. The number of furan rings is 1. The second-order valence-electron chi connectivity index (χ2n) is 8.63. The molecule has 6 aromatic rings. The minimum atomic E-state index is -0.258. The van der Waals surface area contributed by atoms with Gasteiger partial charge in [0.25, 0.3) is 0 Å². The van der Waals surface area contributed by atoms with E-state index in [0.717, 1.165) is 38.0 Å². The summed E-state index contributed by atoms with van der Waals surface area (Å²) in [5, 5.41) is 9.25. The summed E-state index contributed by atoms with van der Waals surface area (Å²) in [7, 11) is 0. The number of aryl methyl sites for hydroxylation is 2. The number of thiazole rings is 1. The lowest BCUT2D eigenvalue weighted by atomic mass is 10.1. The largest absolute Gasteiger partial charge is 0.454 e. The zero-order valence-corrected chi connectivity index (χ0v) is 20.5. The van der Waals surface area contributed by atoms with Gasteiger partial charge >= 0.3 is 0 Å². The van der Waals surface area contributed by atoms with Crippen LogP contribution in [0.3, 0.4) is 0 Å². The molecule has 3 heterocycles. The van der Waals surface area contributed by atoms with Gasteiger partial charge in [-0.25, -0.2) is 9.67 Å². The van der Waals surface area contributed by atoms with Crippen molar-refractivity contribution < 1.29 is 9.21 Å². The number of aromatic nitrogens is 3. The zero-order chi connectivity index (χ0) is 24.6. The predicted molar refractivity (Wildman–Crippen MR) is 146 cm³/mol. The topological polar surface area (TPSA) is 73.0 Å². The van der Waals surface area contributed by atoms with Crippen molar-refractivity contribution in [3.63, 3.8) is 0 Å². The van der Waals surface area contributed by atoms with Crippen LogP contribution in [0.2, 0.25) is 0 Å². The highest BCUT2D eigenvalue weighted by Crippen LogP contribution is 2.31. The van der Waals surface area contributed by atoms with Crippen LogP contribution in [0.15, 0.2) is 89.5 Å². The molecule has 36 heavy (non-hydrogen) atoms. The summed E-state index contributed by atoms with van der Waals surface area (Å²) in [4.78, 5) is 17.4. The third-order valence-corrected chi connectivity index (χ3v) is 6.81.